The summed E-state index contributed by atoms with van der Waals surface area (Å²) in [4.78, 5) is 26.9. The number of ether oxygens (including phenoxy) is 2. The molecule has 162 valence electrons. The Balaban J connectivity index is 1.40. The van der Waals surface area contributed by atoms with Crippen molar-refractivity contribution in [1.82, 2.24) is 19.9 Å². The molecule has 0 spiro atoms. The third-order valence-electron chi connectivity index (χ3n) is 5.81. The van der Waals surface area contributed by atoms with E-state index in [1.807, 2.05) is 38.5 Å². The molecule has 3 heterocycles. The Labute approximate surface area is 181 Å². The normalized spacial score (nSPS) is 20.1. The lowest BCUT2D eigenvalue weighted by Gasteiger charge is -2.13. The van der Waals surface area contributed by atoms with E-state index in [1.165, 1.54) is 0 Å². The monoisotopic (exact) mass is 421 g/mol. The van der Waals surface area contributed by atoms with Crippen LogP contribution in [0.5, 0.6) is 11.6 Å². The van der Waals surface area contributed by atoms with Crippen LogP contribution in [0, 0.1) is 11.8 Å². The van der Waals surface area contributed by atoms with Gasteiger partial charge >= 0.3 is 0 Å². The van der Waals surface area contributed by atoms with Crippen LogP contribution in [0.1, 0.15) is 19.3 Å². The Morgan fingerprint density at radius 2 is 2.13 bits per heavy atom. The van der Waals surface area contributed by atoms with E-state index >= 15 is 0 Å². The van der Waals surface area contributed by atoms with E-state index in [4.69, 9.17) is 9.47 Å². The first kappa shape index (κ1) is 19.8. The zero-order valence-electron chi connectivity index (χ0n) is 18.0. The van der Waals surface area contributed by atoms with E-state index < -0.39 is 0 Å². The minimum Gasteiger partial charge on any atom is -0.490 e. The molecule has 3 aromatic rings. The number of anilines is 1. The van der Waals surface area contributed by atoms with Gasteiger partial charge in [-0.3, -0.25) is 4.79 Å². The molecule has 31 heavy (non-hydrogen) atoms. The number of H-pyrrole nitrogens is 1. The third-order valence-corrected chi connectivity index (χ3v) is 5.81. The SMILES string of the molecule is COc1nccc(OC2CC2)c1-c1c[nH]c2nc(NC(=O)[C@@H]3C[C@H]3CN(C)C)ccc12. The highest BCUT2D eigenvalue weighted by atomic mass is 16.5. The number of aromatic nitrogens is 3. The lowest BCUT2D eigenvalue weighted by molar-refractivity contribution is -0.117. The minimum atomic E-state index is 0.0412. The predicted molar refractivity (Wildman–Crippen MR) is 118 cm³/mol. The number of amides is 1. The van der Waals surface area contributed by atoms with Crippen molar-refractivity contribution < 1.29 is 14.3 Å². The first-order chi connectivity index (χ1) is 15.0. The molecule has 2 fully saturated rings. The average Bonchev–Trinajstić information content (AvgIpc) is 3.66. The van der Waals surface area contributed by atoms with Crippen molar-refractivity contribution in [3.05, 3.63) is 30.6 Å². The number of aromatic amines is 1. The Hall–Kier alpha value is -3.13. The van der Waals surface area contributed by atoms with Gasteiger partial charge in [0.25, 0.3) is 0 Å². The third kappa shape index (κ3) is 4.07. The average molecular weight is 422 g/mol. The largest absolute Gasteiger partial charge is 0.490 e. The van der Waals surface area contributed by atoms with Crippen LogP contribution in [0.4, 0.5) is 5.82 Å². The summed E-state index contributed by atoms with van der Waals surface area (Å²) >= 11 is 0. The summed E-state index contributed by atoms with van der Waals surface area (Å²) in [5.74, 6) is 2.36. The highest BCUT2D eigenvalue weighted by Gasteiger charge is 2.43. The number of nitrogens with one attached hydrogen (secondary N) is 2. The second kappa shape index (κ2) is 7.85. The maximum Gasteiger partial charge on any atom is 0.228 e. The molecule has 2 atom stereocenters. The van der Waals surface area contributed by atoms with E-state index in [-0.39, 0.29) is 17.9 Å². The van der Waals surface area contributed by atoms with Gasteiger partial charge in [0.15, 0.2) is 0 Å². The van der Waals surface area contributed by atoms with Crippen LogP contribution >= 0.6 is 0 Å². The molecular weight excluding hydrogens is 394 g/mol. The first-order valence-electron chi connectivity index (χ1n) is 10.7. The lowest BCUT2D eigenvalue weighted by Crippen LogP contribution is -2.20. The number of methoxy groups -OCH3 is 1. The van der Waals surface area contributed by atoms with E-state index in [1.54, 1.807) is 13.3 Å². The highest BCUT2D eigenvalue weighted by molar-refractivity contribution is 5.99. The number of pyridine rings is 2. The molecule has 2 aliphatic rings. The van der Waals surface area contributed by atoms with Crippen LogP contribution in [0.2, 0.25) is 0 Å². The zero-order valence-corrected chi connectivity index (χ0v) is 18.0. The molecule has 0 radical (unpaired) electrons. The van der Waals surface area contributed by atoms with E-state index in [2.05, 4.69) is 25.2 Å². The van der Waals surface area contributed by atoms with Gasteiger partial charge in [-0.1, -0.05) is 0 Å². The van der Waals surface area contributed by atoms with E-state index in [0.717, 1.165) is 48.1 Å². The van der Waals surface area contributed by atoms with Gasteiger partial charge in [-0.05, 0) is 57.5 Å². The molecular formula is C23H27N5O3. The molecule has 0 saturated heterocycles. The van der Waals surface area contributed by atoms with Gasteiger partial charge in [0.05, 0.1) is 18.8 Å². The summed E-state index contributed by atoms with van der Waals surface area (Å²) in [6.07, 6.45) is 6.91. The fraction of sp³-hybridized carbons (Fsp3) is 0.435. The van der Waals surface area contributed by atoms with Gasteiger partial charge < -0.3 is 24.7 Å². The molecule has 2 saturated carbocycles. The molecule has 8 heteroatoms. The Morgan fingerprint density at radius 3 is 2.87 bits per heavy atom. The van der Waals surface area contributed by atoms with Gasteiger partial charge in [0, 0.05) is 35.8 Å². The van der Waals surface area contributed by atoms with Crippen LogP contribution in [0.25, 0.3) is 22.2 Å². The first-order valence-corrected chi connectivity index (χ1v) is 10.7. The number of nitrogens with zero attached hydrogens (tertiary/aromatic N) is 3. The molecule has 8 nitrogen and oxygen atoms in total. The number of hydrogen-bond donors (Lipinski definition) is 2. The summed E-state index contributed by atoms with van der Waals surface area (Å²) in [6, 6.07) is 5.67. The van der Waals surface area contributed by atoms with Crippen LogP contribution < -0.4 is 14.8 Å². The molecule has 2 N–H and O–H groups in total. The maximum atomic E-state index is 12.5. The molecule has 5 rings (SSSR count). The molecule has 0 bridgehead atoms. The van der Waals surface area contributed by atoms with Crippen molar-refractivity contribution in [3.8, 4) is 22.8 Å². The topological polar surface area (TPSA) is 92.4 Å². The van der Waals surface area contributed by atoms with Gasteiger partial charge in [-0.25, -0.2) is 9.97 Å². The summed E-state index contributed by atoms with van der Waals surface area (Å²) in [6.45, 7) is 0.933. The molecule has 3 aromatic heterocycles. The highest BCUT2D eigenvalue weighted by Crippen LogP contribution is 2.43. The molecule has 0 aliphatic heterocycles. The second-order valence-electron chi connectivity index (χ2n) is 8.66. The molecule has 2 aliphatic carbocycles. The van der Waals surface area contributed by atoms with Crippen LogP contribution in [-0.4, -0.2) is 59.6 Å². The summed E-state index contributed by atoms with van der Waals surface area (Å²) < 4.78 is 11.6. The molecule has 1 amide bonds. The van der Waals surface area contributed by atoms with Crippen molar-refractivity contribution in [2.45, 2.75) is 25.4 Å². The Bertz CT molecular complexity index is 1120. The van der Waals surface area contributed by atoms with Crippen molar-refractivity contribution in [3.63, 3.8) is 0 Å². The Morgan fingerprint density at radius 1 is 1.29 bits per heavy atom. The zero-order chi connectivity index (χ0) is 21.5. The quantitative estimate of drug-likeness (QED) is 0.580. The van der Waals surface area contributed by atoms with Gasteiger partial charge in [-0.2, -0.15) is 0 Å². The fourth-order valence-corrected chi connectivity index (χ4v) is 4.03. The number of rotatable bonds is 8. The number of carbonyl (C=O) groups is 1. The van der Waals surface area contributed by atoms with E-state index in [0.29, 0.717) is 23.3 Å². The maximum absolute atomic E-state index is 12.5. The predicted octanol–water partition coefficient (Wildman–Crippen LogP) is 3.31. The summed E-state index contributed by atoms with van der Waals surface area (Å²) in [5.41, 5.74) is 2.41. The number of hydrogen-bond acceptors (Lipinski definition) is 6. The smallest absolute Gasteiger partial charge is 0.228 e. The summed E-state index contributed by atoms with van der Waals surface area (Å²) in [5, 5.41) is 3.88. The second-order valence-corrected chi connectivity index (χ2v) is 8.66. The van der Waals surface area contributed by atoms with E-state index in [9.17, 15) is 4.79 Å². The standard InChI is InChI=1S/C23H27N5O3/c1-28(2)12-13-10-16(13)22(29)27-19-7-6-15-17(11-25-21(15)26-19)20-18(31-14-4-5-14)8-9-24-23(20)30-3/h6-9,11,13-14,16H,4-5,10,12H2,1-3H3,(H2,25,26,27,29)/t13-,16+/m0/s1. The Kier molecular flexibility index (Phi) is 5.02. The molecule has 0 unspecified atom stereocenters. The van der Waals surface area contributed by atoms with Crippen LogP contribution in [-0.2, 0) is 4.79 Å². The van der Waals surface area contributed by atoms with Gasteiger partial charge in [-0.15, -0.1) is 0 Å². The van der Waals surface area contributed by atoms with Gasteiger partial charge in [0.2, 0.25) is 11.8 Å². The van der Waals surface area contributed by atoms with Crippen molar-refractivity contribution >= 4 is 22.8 Å². The molecule has 0 aromatic carbocycles. The lowest BCUT2D eigenvalue weighted by atomic mass is 10.1. The fourth-order valence-electron chi connectivity index (χ4n) is 4.03. The minimum absolute atomic E-state index is 0.0412. The number of fused-ring (bicyclic) bond motifs is 1. The van der Waals surface area contributed by atoms with Crippen molar-refractivity contribution in [2.75, 3.05) is 33.1 Å². The summed E-state index contributed by atoms with van der Waals surface area (Å²) in [7, 11) is 5.67. The van der Waals surface area contributed by atoms with Gasteiger partial charge in [0.1, 0.15) is 17.2 Å². The van der Waals surface area contributed by atoms with Crippen molar-refractivity contribution in [1.29, 1.82) is 0 Å². The van der Waals surface area contributed by atoms with Crippen LogP contribution in [0.15, 0.2) is 30.6 Å². The number of carbonyl (C=O) groups excluding carboxylic acids is 1. The van der Waals surface area contributed by atoms with Crippen LogP contribution in [0.3, 0.4) is 0 Å². The van der Waals surface area contributed by atoms with Crippen molar-refractivity contribution in [2.24, 2.45) is 11.8 Å².